The number of amides is 1. The van der Waals surface area contributed by atoms with Gasteiger partial charge in [0, 0.05) is 10.2 Å². The Bertz CT molecular complexity index is 310. The van der Waals surface area contributed by atoms with Gasteiger partial charge in [-0.15, -0.1) is 0 Å². The Hall–Kier alpha value is -0.830. The zero-order chi connectivity index (χ0) is 9.14. The molecule has 0 radical (unpaired) electrons. The zero-order valence-corrected chi connectivity index (χ0v) is 8.60. The fraction of sp³-hybridized carbons (Fsp3) is 0.222. The van der Waals surface area contributed by atoms with Crippen LogP contribution in [-0.2, 0) is 4.79 Å². The minimum Gasteiger partial charge on any atom is -0.328 e. The first-order chi connectivity index (χ1) is 5.66. The van der Waals surface area contributed by atoms with Gasteiger partial charge in [0.2, 0.25) is 6.41 Å². The summed E-state index contributed by atoms with van der Waals surface area (Å²) in [4.78, 5) is 10.2. The molecule has 1 amide bonds. The van der Waals surface area contributed by atoms with Gasteiger partial charge in [0.15, 0.2) is 0 Å². The van der Waals surface area contributed by atoms with Gasteiger partial charge < -0.3 is 5.32 Å². The fourth-order valence-electron chi connectivity index (χ4n) is 1.01. The van der Waals surface area contributed by atoms with Crippen LogP contribution in [0.5, 0.6) is 0 Å². The highest BCUT2D eigenvalue weighted by Crippen LogP contribution is 2.25. The number of benzene rings is 1. The lowest BCUT2D eigenvalue weighted by atomic mass is 10.1. The summed E-state index contributed by atoms with van der Waals surface area (Å²) in [5.41, 5.74) is 3.11. The number of halogens is 1. The molecule has 1 aromatic rings. The molecule has 12 heavy (non-hydrogen) atoms. The molecule has 0 bridgehead atoms. The normalized spacial score (nSPS) is 9.58. The van der Waals surface area contributed by atoms with Gasteiger partial charge in [0.25, 0.3) is 0 Å². The van der Waals surface area contributed by atoms with E-state index >= 15 is 0 Å². The Morgan fingerprint density at radius 2 is 2.00 bits per heavy atom. The van der Waals surface area contributed by atoms with Gasteiger partial charge in [-0.25, -0.2) is 0 Å². The van der Waals surface area contributed by atoms with Crippen LogP contribution in [0.15, 0.2) is 16.6 Å². The lowest BCUT2D eigenvalue weighted by molar-refractivity contribution is -0.105. The average molecular weight is 228 g/mol. The Balaban J connectivity index is 3.16. The Labute approximate surface area is 80.1 Å². The first-order valence-corrected chi connectivity index (χ1v) is 4.42. The lowest BCUT2D eigenvalue weighted by Crippen LogP contribution is -1.97. The molecule has 1 N–H and O–H groups in total. The summed E-state index contributed by atoms with van der Waals surface area (Å²) in [5.74, 6) is 0. The van der Waals surface area contributed by atoms with Gasteiger partial charge in [-0.05, 0) is 37.1 Å². The van der Waals surface area contributed by atoms with Gasteiger partial charge in [-0.2, -0.15) is 0 Å². The van der Waals surface area contributed by atoms with E-state index in [-0.39, 0.29) is 0 Å². The smallest absolute Gasteiger partial charge is 0.211 e. The van der Waals surface area contributed by atoms with Crippen LogP contribution in [0.2, 0.25) is 0 Å². The van der Waals surface area contributed by atoms with Crippen LogP contribution in [0.4, 0.5) is 5.69 Å². The number of rotatable bonds is 2. The van der Waals surface area contributed by atoms with E-state index in [1.807, 2.05) is 26.0 Å². The molecule has 0 unspecified atom stereocenters. The van der Waals surface area contributed by atoms with Crippen LogP contribution >= 0.6 is 15.9 Å². The second kappa shape index (κ2) is 3.72. The maximum absolute atomic E-state index is 10.2. The third-order valence-electron chi connectivity index (χ3n) is 1.94. The molecular weight excluding hydrogens is 218 g/mol. The van der Waals surface area contributed by atoms with Crippen molar-refractivity contribution in [2.24, 2.45) is 0 Å². The third-order valence-corrected chi connectivity index (χ3v) is 2.79. The molecule has 0 saturated carbocycles. The largest absolute Gasteiger partial charge is 0.328 e. The predicted molar refractivity (Wildman–Crippen MR) is 53.3 cm³/mol. The molecule has 0 spiro atoms. The summed E-state index contributed by atoms with van der Waals surface area (Å²) in [5, 5.41) is 2.64. The number of anilines is 1. The summed E-state index contributed by atoms with van der Waals surface area (Å²) in [6, 6.07) is 3.80. The van der Waals surface area contributed by atoms with Gasteiger partial charge in [-0.1, -0.05) is 15.9 Å². The highest BCUT2D eigenvalue weighted by molar-refractivity contribution is 9.10. The first-order valence-electron chi connectivity index (χ1n) is 3.62. The standard InChI is InChI=1S/C9H10BrNO/c1-6-7(2)9(11-5-12)4-3-8(6)10/h3-5H,1-2H3,(H,11,12). The molecule has 0 atom stereocenters. The van der Waals surface area contributed by atoms with Gasteiger partial charge in [-0.3, -0.25) is 4.79 Å². The predicted octanol–water partition coefficient (Wildman–Crippen LogP) is 2.63. The Kier molecular flexibility index (Phi) is 2.87. The van der Waals surface area contributed by atoms with Crippen LogP contribution < -0.4 is 5.32 Å². The summed E-state index contributed by atoms with van der Waals surface area (Å²) in [6.07, 6.45) is 0.690. The van der Waals surface area contributed by atoms with Crippen molar-refractivity contribution in [2.75, 3.05) is 5.32 Å². The number of hydrogen-bond donors (Lipinski definition) is 1. The van der Waals surface area contributed by atoms with Gasteiger partial charge in [0.1, 0.15) is 0 Å². The molecule has 1 rings (SSSR count). The molecule has 64 valence electrons. The van der Waals surface area contributed by atoms with Crippen LogP contribution in [0.1, 0.15) is 11.1 Å². The molecule has 0 aromatic heterocycles. The quantitative estimate of drug-likeness (QED) is 0.774. The summed E-state index contributed by atoms with van der Waals surface area (Å²) < 4.78 is 1.07. The van der Waals surface area contributed by atoms with Crippen molar-refractivity contribution in [1.29, 1.82) is 0 Å². The molecule has 1 aromatic carbocycles. The maximum Gasteiger partial charge on any atom is 0.211 e. The summed E-state index contributed by atoms with van der Waals surface area (Å²) in [6.45, 7) is 3.99. The van der Waals surface area contributed by atoms with Crippen molar-refractivity contribution in [2.45, 2.75) is 13.8 Å². The molecule has 0 aliphatic heterocycles. The molecule has 0 fully saturated rings. The summed E-state index contributed by atoms with van der Waals surface area (Å²) in [7, 11) is 0. The number of nitrogens with one attached hydrogen (secondary N) is 1. The molecular formula is C9H10BrNO. The van der Waals surface area contributed by atoms with E-state index < -0.39 is 0 Å². The SMILES string of the molecule is Cc1c(Br)ccc(NC=O)c1C. The average Bonchev–Trinajstić information content (AvgIpc) is 2.07. The Morgan fingerprint density at radius 3 is 2.58 bits per heavy atom. The van der Waals surface area contributed by atoms with E-state index in [9.17, 15) is 4.79 Å². The third kappa shape index (κ3) is 1.67. The minimum atomic E-state index is 0.690. The number of carbonyl (C=O) groups excluding carboxylic acids is 1. The van der Waals surface area contributed by atoms with E-state index in [1.165, 1.54) is 0 Å². The van der Waals surface area contributed by atoms with Crippen molar-refractivity contribution >= 4 is 28.0 Å². The zero-order valence-electron chi connectivity index (χ0n) is 7.02. The second-order valence-corrected chi connectivity index (χ2v) is 3.46. The van der Waals surface area contributed by atoms with Crippen molar-refractivity contribution in [3.05, 3.63) is 27.7 Å². The van der Waals surface area contributed by atoms with E-state index in [1.54, 1.807) is 0 Å². The van der Waals surface area contributed by atoms with Crippen molar-refractivity contribution in [3.63, 3.8) is 0 Å². The topological polar surface area (TPSA) is 29.1 Å². The Morgan fingerprint density at radius 1 is 1.33 bits per heavy atom. The van der Waals surface area contributed by atoms with E-state index in [0.717, 1.165) is 21.3 Å². The monoisotopic (exact) mass is 227 g/mol. The van der Waals surface area contributed by atoms with Crippen LogP contribution in [0.3, 0.4) is 0 Å². The minimum absolute atomic E-state index is 0.690. The highest BCUT2D eigenvalue weighted by Gasteiger charge is 2.02. The van der Waals surface area contributed by atoms with Crippen molar-refractivity contribution in [1.82, 2.24) is 0 Å². The van der Waals surface area contributed by atoms with Crippen molar-refractivity contribution in [3.8, 4) is 0 Å². The molecule has 3 heteroatoms. The van der Waals surface area contributed by atoms with Crippen molar-refractivity contribution < 1.29 is 4.79 Å². The second-order valence-electron chi connectivity index (χ2n) is 2.61. The van der Waals surface area contributed by atoms with E-state index in [4.69, 9.17) is 0 Å². The molecule has 2 nitrogen and oxygen atoms in total. The van der Waals surface area contributed by atoms with Gasteiger partial charge in [0.05, 0.1) is 0 Å². The molecule has 0 aliphatic rings. The fourth-order valence-corrected chi connectivity index (χ4v) is 1.44. The van der Waals surface area contributed by atoms with Crippen LogP contribution in [0, 0.1) is 13.8 Å². The van der Waals surface area contributed by atoms with E-state index in [0.29, 0.717) is 6.41 Å². The highest BCUT2D eigenvalue weighted by atomic mass is 79.9. The van der Waals surface area contributed by atoms with Crippen LogP contribution in [-0.4, -0.2) is 6.41 Å². The molecule has 0 saturated heterocycles. The number of carbonyl (C=O) groups is 1. The van der Waals surface area contributed by atoms with E-state index in [2.05, 4.69) is 21.2 Å². The first kappa shape index (κ1) is 9.26. The molecule has 0 aliphatic carbocycles. The lowest BCUT2D eigenvalue weighted by Gasteiger charge is -2.08. The summed E-state index contributed by atoms with van der Waals surface area (Å²) >= 11 is 3.42. The van der Waals surface area contributed by atoms with Gasteiger partial charge >= 0.3 is 0 Å². The number of hydrogen-bond acceptors (Lipinski definition) is 1. The molecule has 0 heterocycles. The van der Waals surface area contributed by atoms with Crippen LogP contribution in [0.25, 0.3) is 0 Å². The maximum atomic E-state index is 10.2.